The number of nitrogens with one attached hydrogen (secondary N) is 1. The van der Waals surface area contributed by atoms with E-state index in [1.54, 1.807) is 0 Å². The third kappa shape index (κ3) is 3.57. The third-order valence-electron chi connectivity index (χ3n) is 2.45. The lowest BCUT2D eigenvalue weighted by atomic mass is 10.2. The van der Waals surface area contributed by atoms with Crippen molar-refractivity contribution in [3.05, 3.63) is 0 Å². The molecule has 0 aromatic carbocycles. The van der Waals surface area contributed by atoms with Gasteiger partial charge in [-0.15, -0.1) is 0 Å². The number of aliphatic carboxylic acids is 1. The van der Waals surface area contributed by atoms with E-state index in [0.717, 1.165) is 4.90 Å². The molecule has 2 atom stereocenters. The molecule has 0 bridgehead atoms. The largest absolute Gasteiger partial charge is 0.479 e. The minimum Gasteiger partial charge on any atom is -0.479 e. The molecule has 0 spiro atoms. The number of carboxylic acids is 1. The number of nitrogens with zero attached hydrogens (tertiary/aromatic N) is 1. The number of rotatable bonds is 4. The van der Waals surface area contributed by atoms with Crippen molar-refractivity contribution in [2.45, 2.75) is 12.1 Å². The molecule has 3 amide bonds. The van der Waals surface area contributed by atoms with Crippen molar-refractivity contribution >= 4 is 17.9 Å². The van der Waals surface area contributed by atoms with Gasteiger partial charge in [0.05, 0.1) is 19.8 Å². The molecule has 9 heteroatoms. The molecule has 1 rings (SSSR count). The monoisotopic (exact) mass is 261 g/mol. The zero-order valence-corrected chi connectivity index (χ0v) is 9.54. The number of hydrogen-bond acceptors (Lipinski definition) is 5. The molecule has 9 nitrogen and oxygen atoms in total. The molecular weight excluding hydrogens is 246 g/mol. The van der Waals surface area contributed by atoms with Crippen LogP contribution in [0.2, 0.25) is 0 Å². The van der Waals surface area contributed by atoms with Crippen LogP contribution in [0.15, 0.2) is 0 Å². The minimum atomic E-state index is -1.69. The molecule has 1 fully saturated rings. The highest BCUT2D eigenvalue weighted by atomic mass is 16.5. The molecule has 18 heavy (non-hydrogen) atoms. The number of primary amides is 1. The van der Waals surface area contributed by atoms with E-state index in [1.165, 1.54) is 0 Å². The number of carbonyl (C=O) groups excluding carboxylic acids is 2. The Morgan fingerprint density at radius 3 is 2.72 bits per heavy atom. The van der Waals surface area contributed by atoms with Crippen molar-refractivity contribution in [1.82, 2.24) is 10.2 Å². The molecule has 0 radical (unpaired) electrons. The van der Waals surface area contributed by atoms with Gasteiger partial charge in [0.2, 0.25) is 5.91 Å². The number of aliphatic hydroxyl groups is 1. The lowest BCUT2D eigenvalue weighted by Gasteiger charge is -2.33. The van der Waals surface area contributed by atoms with Gasteiger partial charge in [0.1, 0.15) is 6.04 Å². The highest BCUT2D eigenvalue weighted by Gasteiger charge is 2.31. The fourth-order valence-electron chi connectivity index (χ4n) is 1.46. The average Bonchev–Trinajstić information content (AvgIpc) is 2.35. The molecule has 1 aliphatic heterocycles. The summed E-state index contributed by atoms with van der Waals surface area (Å²) in [5.41, 5.74) is 5.12. The van der Waals surface area contributed by atoms with Gasteiger partial charge in [0.25, 0.3) is 0 Å². The summed E-state index contributed by atoms with van der Waals surface area (Å²) >= 11 is 0. The number of ether oxygens (including phenoxy) is 1. The van der Waals surface area contributed by atoms with Crippen LogP contribution in [-0.4, -0.2) is 71.5 Å². The Morgan fingerprint density at radius 1 is 1.50 bits per heavy atom. The van der Waals surface area contributed by atoms with E-state index in [-0.39, 0.29) is 19.8 Å². The van der Waals surface area contributed by atoms with Crippen LogP contribution in [0.3, 0.4) is 0 Å². The van der Waals surface area contributed by atoms with Crippen LogP contribution in [0.5, 0.6) is 0 Å². The van der Waals surface area contributed by atoms with Gasteiger partial charge in [-0.05, 0) is 0 Å². The number of carbonyl (C=O) groups is 3. The van der Waals surface area contributed by atoms with E-state index < -0.39 is 36.6 Å². The smallest absolute Gasteiger partial charge is 0.334 e. The number of hydrogen-bond donors (Lipinski definition) is 4. The normalized spacial score (nSPS) is 21.2. The number of nitrogens with two attached hydrogens (primary N) is 1. The Bertz CT molecular complexity index is 347. The van der Waals surface area contributed by atoms with Crippen LogP contribution in [0.25, 0.3) is 0 Å². The number of morpholine rings is 1. The standard InChI is InChI=1S/C9H15N3O6/c10-7(14)5-4-18-2-1-12(5)9(17)11-3-6(13)8(15)16/h5-6,13H,1-4H2,(H2,10,14)(H,11,17)(H,15,16). The number of urea groups is 1. The van der Waals surface area contributed by atoms with E-state index >= 15 is 0 Å². The first-order valence-electron chi connectivity index (χ1n) is 5.26. The molecule has 1 aliphatic rings. The molecule has 5 N–H and O–H groups in total. The first-order chi connectivity index (χ1) is 8.43. The van der Waals surface area contributed by atoms with E-state index in [1.807, 2.05) is 0 Å². The number of carboxylic acid groups (broad SMARTS) is 1. The lowest BCUT2D eigenvalue weighted by molar-refractivity contribution is -0.146. The summed E-state index contributed by atoms with van der Waals surface area (Å²) in [5, 5.41) is 19.6. The first kappa shape index (κ1) is 14.2. The second-order valence-electron chi connectivity index (χ2n) is 3.73. The SMILES string of the molecule is NC(=O)C1COCCN1C(=O)NCC(O)C(=O)O. The maximum Gasteiger partial charge on any atom is 0.334 e. The second kappa shape index (κ2) is 6.17. The van der Waals surface area contributed by atoms with Crippen LogP contribution >= 0.6 is 0 Å². The maximum absolute atomic E-state index is 11.7. The summed E-state index contributed by atoms with van der Waals surface area (Å²) in [4.78, 5) is 34.3. The predicted octanol–water partition coefficient (Wildman–Crippen LogP) is -2.67. The van der Waals surface area contributed by atoms with Crippen molar-refractivity contribution in [2.24, 2.45) is 5.73 Å². The quantitative estimate of drug-likeness (QED) is 0.434. The number of amides is 3. The van der Waals surface area contributed by atoms with Crippen molar-refractivity contribution in [1.29, 1.82) is 0 Å². The van der Waals surface area contributed by atoms with Gasteiger partial charge in [0.15, 0.2) is 6.10 Å². The van der Waals surface area contributed by atoms with E-state index in [4.69, 9.17) is 20.7 Å². The summed E-state index contributed by atoms with van der Waals surface area (Å²) in [6.45, 7) is -0.0114. The van der Waals surface area contributed by atoms with Gasteiger partial charge in [-0.1, -0.05) is 0 Å². The zero-order valence-electron chi connectivity index (χ0n) is 9.54. The second-order valence-corrected chi connectivity index (χ2v) is 3.73. The molecular formula is C9H15N3O6. The molecule has 0 saturated carbocycles. The molecule has 1 heterocycles. The van der Waals surface area contributed by atoms with Crippen molar-refractivity contribution in [2.75, 3.05) is 26.3 Å². The Kier molecular flexibility index (Phi) is 4.86. The van der Waals surface area contributed by atoms with E-state index in [0.29, 0.717) is 0 Å². The highest BCUT2D eigenvalue weighted by Crippen LogP contribution is 2.06. The van der Waals surface area contributed by atoms with Gasteiger partial charge in [-0.25, -0.2) is 9.59 Å². The summed E-state index contributed by atoms with van der Waals surface area (Å²) in [6.07, 6.45) is -1.69. The van der Waals surface area contributed by atoms with Crippen molar-refractivity contribution in [3.63, 3.8) is 0 Å². The van der Waals surface area contributed by atoms with Gasteiger partial charge in [0, 0.05) is 6.54 Å². The van der Waals surface area contributed by atoms with Crippen LogP contribution in [0.4, 0.5) is 4.79 Å². The van der Waals surface area contributed by atoms with Gasteiger partial charge >= 0.3 is 12.0 Å². The molecule has 0 aliphatic carbocycles. The summed E-state index contributed by atoms with van der Waals surface area (Å²) < 4.78 is 5.02. The summed E-state index contributed by atoms with van der Waals surface area (Å²) in [5.74, 6) is -2.15. The predicted molar refractivity (Wildman–Crippen MR) is 57.5 cm³/mol. The molecule has 102 valence electrons. The van der Waals surface area contributed by atoms with Crippen molar-refractivity contribution in [3.8, 4) is 0 Å². The fourth-order valence-corrected chi connectivity index (χ4v) is 1.46. The van der Waals surface area contributed by atoms with Crippen LogP contribution in [0, 0.1) is 0 Å². The van der Waals surface area contributed by atoms with Crippen LogP contribution in [0.1, 0.15) is 0 Å². The third-order valence-corrected chi connectivity index (χ3v) is 2.45. The molecule has 0 aromatic rings. The molecule has 0 aromatic heterocycles. The number of aliphatic hydroxyl groups excluding tert-OH is 1. The fraction of sp³-hybridized carbons (Fsp3) is 0.667. The Hall–Kier alpha value is -1.87. The van der Waals surface area contributed by atoms with E-state index in [2.05, 4.69) is 5.32 Å². The van der Waals surface area contributed by atoms with Crippen LogP contribution < -0.4 is 11.1 Å². The summed E-state index contributed by atoms with van der Waals surface area (Å²) in [6, 6.07) is -1.55. The van der Waals surface area contributed by atoms with Gasteiger partial charge in [-0.2, -0.15) is 0 Å². The molecule has 1 saturated heterocycles. The molecule has 2 unspecified atom stereocenters. The topological polar surface area (TPSA) is 142 Å². The maximum atomic E-state index is 11.7. The lowest BCUT2D eigenvalue weighted by Crippen LogP contribution is -2.58. The van der Waals surface area contributed by atoms with Crippen LogP contribution in [-0.2, 0) is 14.3 Å². The first-order valence-corrected chi connectivity index (χ1v) is 5.26. The average molecular weight is 261 g/mol. The van der Waals surface area contributed by atoms with Gasteiger partial charge in [-0.3, -0.25) is 4.79 Å². The van der Waals surface area contributed by atoms with E-state index in [9.17, 15) is 14.4 Å². The highest BCUT2D eigenvalue weighted by molar-refractivity contribution is 5.86. The Morgan fingerprint density at radius 2 is 2.17 bits per heavy atom. The Labute approximate surface area is 102 Å². The Balaban J connectivity index is 2.53. The van der Waals surface area contributed by atoms with Gasteiger partial charge < -0.3 is 30.9 Å². The minimum absolute atomic E-state index is 0.00420. The van der Waals surface area contributed by atoms with Crippen molar-refractivity contribution < 1.29 is 29.3 Å². The zero-order chi connectivity index (χ0) is 13.7. The summed E-state index contributed by atoms with van der Waals surface area (Å²) in [7, 11) is 0.